The molecule has 51 heavy (non-hydrogen) atoms. The van der Waals surface area contributed by atoms with Gasteiger partial charge in [-0.25, -0.2) is 15.0 Å². The molecule has 0 atom stereocenters. The van der Waals surface area contributed by atoms with Gasteiger partial charge in [0, 0.05) is 27.5 Å². The third-order valence-electron chi connectivity index (χ3n) is 10.3. The van der Waals surface area contributed by atoms with E-state index >= 15 is 0 Å². The van der Waals surface area contributed by atoms with E-state index in [1.54, 1.807) is 0 Å². The quantitative estimate of drug-likeness (QED) is 0.190. The maximum Gasteiger partial charge on any atom is 0.164 e. The topological polar surface area (TPSA) is 51.8 Å². The molecule has 0 N–H and O–H groups in total. The second-order valence-corrected chi connectivity index (χ2v) is 13.2. The highest BCUT2D eigenvalue weighted by atomic mass is 16.3. The fourth-order valence-corrected chi connectivity index (χ4v) is 7.91. The van der Waals surface area contributed by atoms with E-state index in [1.807, 2.05) is 42.5 Å². The third kappa shape index (κ3) is 4.30. The van der Waals surface area contributed by atoms with Crippen LogP contribution in [0.1, 0.15) is 0 Å². The van der Waals surface area contributed by atoms with Crippen LogP contribution in [-0.2, 0) is 0 Å². The van der Waals surface area contributed by atoms with E-state index in [0.717, 1.165) is 44.2 Å². The van der Waals surface area contributed by atoms with Crippen LogP contribution in [0.2, 0.25) is 0 Å². The zero-order valence-corrected chi connectivity index (χ0v) is 27.3. The third-order valence-corrected chi connectivity index (χ3v) is 10.3. The maximum absolute atomic E-state index is 6.58. The molecule has 10 aromatic rings. The van der Waals surface area contributed by atoms with E-state index in [-0.39, 0.29) is 0 Å². The van der Waals surface area contributed by atoms with E-state index in [4.69, 9.17) is 19.4 Å². The summed E-state index contributed by atoms with van der Waals surface area (Å²) >= 11 is 0. The van der Waals surface area contributed by atoms with Crippen molar-refractivity contribution in [1.29, 1.82) is 0 Å². The molecule has 236 valence electrons. The first kappa shape index (κ1) is 28.0. The Bertz CT molecular complexity index is 3010. The predicted octanol–water partition coefficient (Wildman–Crippen LogP) is 12.4. The Balaban J connectivity index is 1.09. The van der Waals surface area contributed by atoms with E-state index in [0.29, 0.717) is 17.5 Å². The Morgan fingerprint density at radius 3 is 1.67 bits per heavy atom. The van der Waals surface area contributed by atoms with Crippen LogP contribution < -0.4 is 0 Å². The van der Waals surface area contributed by atoms with Crippen molar-refractivity contribution in [2.45, 2.75) is 0 Å². The van der Waals surface area contributed by atoms with Crippen molar-refractivity contribution in [3.63, 3.8) is 0 Å². The number of rotatable bonds is 4. The van der Waals surface area contributed by atoms with Gasteiger partial charge in [0.05, 0.1) is 0 Å². The first-order valence-electron chi connectivity index (χ1n) is 17.2. The zero-order valence-electron chi connectivity index (χ0n) is 27.3. The lowest BCUT2D eigenvalue weighted by molar-refractivity contribution is 0.669. The second-order valence-electron chi connectivity index (χ2n) is 13.2. The number of nitrogens with zero attached hydrogens (tertiary/aromatic N) is 3. The van der Waals surface area contributed by atoms with E-state index in [9.17, 15) is 0 Å². The fraction of sp³-hybridized carbons (Fsp3) is 0. The Labute approximate surface area is 293 Å². The molecule has 11 rings (SSSR count). The molecule has 0 saturated heterocycles. The molecule has 8 aromatic carbocycles. The summed E-state index contributed by atoms with van der Waals surface area (Å²) in [7, 11) is 0. The number of hydrogen-bond donors (Lipinski definition) is 0. The number of fused-ring (bicyclic) bond motifs is 7. The summed E-state index contributed by atoms with van der Waals surface area (Å²) in [4.78, 5) is 15.3. The SMILES string of the molecule is c1ccc(-c2nc(-c3ccc(-c4cccc5ccccc45)cc3)nc(-c3cccc4oc5cc6c(cc5c34)-c3cccc4cccc-6c34)n2)cc1. The molecule has 0 bridgehead atoms. The highest BCUT2D eigenvalue weighted by Gasteiger charge is 2.25. The van der Waals surface area contributed by atoms with Crippen molar-refractivity contribution < 1.29 is 4.42 Å². The van der Waals surface area contributed by atoms with Gasteiger partial charge in [-0.05, 0) is 73.1 Å². The van der Waals surface area contributed by atoms with Crippen molar-refractivity contribution in [3.8, 4) is 67.5 Å². The first-order chi connectivity index (χ1) is 25.3. The first-order valence-corrected chi connectivity index (χ1v) is 17.2. The molecule has 1 aliphatic rings. The van der Waals surface area contributed by atoms with Gasteiger partial charge in [-0.15, -0.1) is 0 Å². The predicted molar refractivity (Wildman–Crippen MR) is 208 cm³/mol. The van der Waals surface area contributed by atoms with Gasteiger partial charge in [-0.1, -0.05) is 146 Å². The summed E-state index contributed by atoms with van der Waals surface area (Å²) in [5.74, 6) is 1.86. The average Bonchev–Trinajstić information content (AvgIpc) is 3.73. The molecule has 2 aromatic heterocycles. The minimum absolute atomic E-state index is 0.608. The standard InChI is InChI=1S/C47H27N3O/c1-2-11-31(12-3-1)45-48-46(32-24-22-29(23-25-32)34-17-6-13-28-10-4-5-16-33(28)34)50-47(49-45)37-20-9-21-41-44(37)40-26-38-35-18-7-14-30-15-8-19-36(43(30)35)39(38)27-42(40)51-41/h1-27H. The second kappa shape index (κ2) is 10.8. The molecule has 0 amide bonds. The van der Waals surface area contributed by atoms with Crippen molar-refractivity contribution in [1.82, 2.24) is 15.0 Å². The molecule has 4 nitrogen and oxygen atoms in total. The van der Waals surface area contributed by atoms with Crippen molar-refractivity contribution >= 4 is 43.5 Å². The summed E-state index contributed by atoms with van der Waals surface area (Å²) in [5, 5.41) is 7.05. The largest absolute Gasteiger partial charge is 0.456 e. The molecule has 4 heteroatoms. The summed E-state index contributed by atoms with van der Waals surface area (Å²) in [6, 6.07) is 57.3. The summed E-state index contributed by atoms with van der Waals surface area (Å²) < 4.78 is 6.58. The smallest absolute Gasteiger partial charge is 0.164 e. The van der Waals surface area contributed by atoms with Crippen LogP contribution >= 0.6 is 0 Å². The minimum atomic E-state index is 0.608. The van der Waals surface area contributed by atoms with Gasteiger partial charge in [-0.3, -0.25) is 0 Å². The Morgan fingerprint density at radius 2 is 0.882 bits per heavy atom. The van der Waals surface area contributed by atoms with Gasteiger partial charge in [0.1, 0.15) is 11.2 Å². The van der Waals surface area contributed by atoms with E-state index < -0.39 is 0 Å². The molecule has 1 aliphatic carbocycles. The highest BCUT2D eigenvalue weighted by Crippen LogP contribution is 2.50. The van der Waals surface area contributed by atoms with Crippen molar-refractivity contribution in [2.75, 3.05) is 0 Å². The zero-order chi connectivity index (χ0) is 33.5. The van der Waals surface area contributed by atoms with Gasteiger partial charge < -0.3 is 4.42 Å². The van der Waals surface area contributed by atoms with Crippen molar-refractivity contribution in [3.05, 3.63) is 164 Å². The van der Waals surface area contributed by atoms with Crippen LogP contribution in [0.3, 0.4) is 0 Å². The van der Waals surface area contributed by atoms with Gasteiger partial charge in [0.25, 0.3) is 0 Å². The molecule has 0 saturated carbocycles. The van der Waals surface area contributed by atoms with Crippen LogP contribution in [-0.4, -0.2) is 15.0 Å². The highest BCUT2D eigenvalue weighted by molar-refractivity contribution is 6.20. The molecule has 0 spiro atoms. The molecule has 2 heterocycles. The van der Waals surface area contributed by atoms with Crippen LogP contribution in [0.5, 0.6) is 0 Å². The normalized spacial score (nSPS) is 11.9. The molecule has 0 unspecified atom stereocenters. The van der Waals surface area contributed by atoms with Gasteiger partial charge in [-0.2, -0.15) is 0 Å². The van der Waals surface area contributed by atoms with Crippen LogP contribution in [0.15, 0.2) is 168 Å². The molecule has 0 fully saturated rings. The lowest BCUT2D eigenvalue weighted by atomic mass is 9.97. The molecular weight excluding hydrogens is 623 g/mol. The fourth-order valence-electron chi connectivity index (χ4n) is 7.91. The molecule has 0 radical (unpaired) electrons. The van der Waals surface area contributed by atoms with Crippen molar-refractivity contribution in [2.24, 2.45) is 0 Å². The van der Waals surface area contributed by atoms with Gasteiger partial charge in [0.15, 0.2) is 17.5 Å². The van der Waals surface area contributed by atoms with Gasteiger partial charge >= 0.3 is 0 Å². The minimum Gasteiger partial charge on any atom is -0.456 e. The Hall–Kier alpha value is -6.91. The number of benzene rings is 8. The Kier molecular flexibility index (Phi) is 5.92. The lowest BCUT2D eigenvalue weighted by Crippen LogP contribution is -2.00. The van der Waals surface area contributed by atoms with Crippen LogP contribution in [0, 0.1) is 0 Å². The number of aromatic nitrogens is 3. The summed E-state index contributed by atoms with van der Waals surface area (Å²) in [6.45, 7) is 0. The maximum atomic E-state index is 6.58. The van der Waals surface area contributed by atoms with Crippen LogP contribution in [0.4, 0.5) is 0 Å². The van der Waals surface area contributed by atoms with Crippen LogP contribution in [0.25, 0.3) is 111 Å². The van der Waals surface area contributed by atoms with Gasteiger partial charge in [0.2, 0.25) is 0 Å². The monoisotopic (exact) mass is 649 g/mol. The average molecular weight is 650 g/mol. The molecule has 0 aliphatic heterocycles. The number of hydrogen-bond acceptors (Lipinski definition) is 4. The summed E-state index contributed by atoms with van der Waals surface area (Å²) in [5.41, 5.74) is 11.7. The molecular formula is C47H27N3O. The lowest BCUT2D eigenvalue weighted by Gasteiger charge is -2.11. The van der Waals surface area contributed by atoms with E-state index in [2.05, 4.69) is 121 Å². The van der Waals surface area contributed by atoms with E-state index in [1.165, 1.54) is 49.4 Å². The Morgan fingerprint density at radius 1 is 0.314 bits per heavy atom. The number of furan rings is 1. The summed E-state index contributed by atoms with van der Waals surface area (Å²) in [6.07, 6.45) is 0.